The minimum Gasteiger partial charge on any atom is -0.384 e. The van der Waals surface area contributed by atoms with Gasteiger partial charge in [-0.3, -0.25) is 4.79 Å². The molecule has 0 aromatic carbocycles. The van der Waals surface area contributed by atoms with Gasteiger partial charge in [-0.15, -0.1) is 0 Å². The van der Waals surface area contributed by atoms with E-state index in [0.29, 0.717) is 13.0 Å². The lowest BCUT2D eigenvalue weighted by Gasteiger charge is -2.28. The zero-order valence-electron chi connectivity index (χ0n) is 12.1. The number of carbonyl (C=O) groups is 1. The van der Waals surface area contributed by atoms with Crippen LogP contribution in [0, 0.1) is 5.92 Å². The molecule has 1 fully saturated rings. The van der Waals surface area contributed by atoms with Crippen LogP contribution >= 0.6 is 6.72 Å². The molecule has 2 unspecified atom stereocenters. The Morgan fingerprint density at radius 1 is 1.40 bits per heavy atom. The molecule has 7 nitrogen and oxygen atoms in total. The molecule has 20 heavy (non-hydrogen) atoms. The summed E-state index contributed by atoms with van der Waals surface area (Å²) in [7, 11) is 4.41. The van der Waals surface area contributed by atoms with Gasteiger partial charge in [0.1, 0.15) is 12.2 Å². The quantitative estimate of drug-likeness (QED) is 0.655. The summed E-state index contributed by atoms with van der Waals surface area (Å²) < 4.78 is 20.9. The number of methoxy groups -OCH3 is 2. The van der Waals surface area contributed by atoms with Crippen molar-refractivity contribution >= 4 is 24.4 Å². The van der Waals surface area contributed by atoms with E-state index in [0.717, 1.165) is 0 Å². The monoisotopic (exact) mass is 327 g/mol. The van der Waals surface area contributed by atoms with Crippen LogP contribution in [0.4, 0.5) is 0 Å². The van der Waals surface area contributed by atoms with E-state index >= 15 is 0 Å². The van der Waals surface area contributed by atoms with Crippen molar-refractivity contribution in [2.24, 2.45) is 5.92 Å². The van der Waals surface area contributed by atoms with Crippen LogP contribution in [0.3, 0.4) is 0 Å². The number of hydrogen-bond acceptors (Lipinski definition) is 6. The summed E-state index contributed by atoms with van der Waals surface area (Å²) >= 11 is 4.88. The van der Waals surface area contributed by atoms with Gasteiger partial charge in [0.15, 0.2) is 0 Å². The highest BCUT2D eigenvalue weighted by Gasteiger charge is 2.47. The Balaban J connectivity index is 2.89. The van der Waals surface area contributed by atoms with E-state index in [2.05, 4.69) is 5.32 Å². The fraction of sp³-hybridized carbons (Fsp3) is 0.909. The molecule has 1 aliphatic rings. The molecule has 1 aliphatic carbocycles. The lowest BCUT2D eigenvalue weighted by Crippen LogP contribution is -2.44. The largest absolute Gasteiger partial charge is 0.384 e. The minimum atomic E-state index is -3.31. The van der Waals surface area contributed by atoms with Crippen molar-refractivity contribution in [2.45, 2.75) is 31.6 Å². The molecular formula is C11H22NO6PS. The lowest BCUT2D eigenvalue weighted by molar-refractivity contribution is -0.120. The van der Waals surface area contributed by atoms with E-state index in [-0.39, 0.29) is 17.9 Å². The molecule has 0 spiro atoms. The van der Waals surface area contributed by atoms with Crippen LogP contribution in [0.15, 0.2) is 0 Å². The van der Waals surface area contributed by atoms with Crippen LogP contribution in [0.25, 0.3) is 0 Å². The van der Waals surface area contributed by atoms with E-state index in [9.17, 15) is 9.69 Å². The molecule has 118 valence electrons. The standard InChI is InChI=1S/C11H22NO6PS/c1-7(13)12-9-5-8(6-15-2)10(11(9)16-3)18-19(14,20)17-4/h8-11H,5-6H2,1-4H3,(H,12,13)(H,14,20)/t8-,9-,10+,11?,19?/m1/s1. The maximum atomic E-state index is 11.2. The fourth-order valence-corrected chi connectivity index (χ4v) is 3.50. The van der Waals surface area contributed by atoms with Crippen LogP contribution < -0.4 is 5.32 Å². The summed E-state index contributed by atoms with van der Waals surface area (Å²) in [6, 6.07) is -0.213. The highest BCUT2D eigenvalue weighted by Crippen LogP contribution is 2.48. The normalized spacial score (nSPS) is 32.9. The zero-order chi connectivity index (χ0) is 15.3. The molecular weight excluding hydrogens is 305 g/mol. The number of nitrogens with one attached hydrogen (secondary N) is 1. The van der Waals surface area contributed by atoms with Gasteiger partial charge in [0, 0.05) is 34.2 Å². The van der Waals surface area contributed by atoms with Crippen LogP contribution in [-0.2, 0) is 35.1 Å². The summed E-state index contributed by atoms with van der Waals surface area (Å²) in [5.74, 6) is -0.199. The van der Waals surface area contributed by atoms with Gasteiger partial charge in [-0.2, -0.15) is 0 Å². The molecule has 1 amide bonds. The SMILES string of the molecule is COC[C@H]1C[C@@H](NC(C)=O)C(OC)[C@H]1OP(O)(=S)OC. The first-order valence-electron chi connectivity index (χ1n) is 6.20. The van der Waals surface area contributed by atoms with Gasteiger partial charge >= 0.3 is 6.72 Å². The Kier molecular flexibility index (Phi) is 7.00. The van der Waals surface area contributed by atoms with Gasteiger partial charge in [-0.1, -0.05) is 0 Å². The van der Waals surface area contributed by atoms with Gasteiger partial charge in [-0.05, 0) is 18.2 Å². The Bertz CT molecular complexity index is 382. The predicted molar refractivity (Wildman–Crippen MR) is 76.8 cm³/mol. The predicted octanol–water partition coefficient (Wildman–Crippen LogP) is 0.421. The van der Waals surface area contributed by atoms with E-state index in [1.165, 1.54) is 21.1 Å². The van der Waals surface area contributed by atoms with Crippen LogP contribution in [-0.4, -0.2) is 57.0 Å². The van der Waals surface area contributed by atoms with Crippen LogP contribution in [0.5, 0.6) is 0 Å². The minimum absolute atomic E-state index is 0.0496. The Morgan fingerprint density at radius 3 is 2.50 bits per heavy atom. The molecule has 2 N–H and O–H groups in total. The third-order valence-electron chi connectivity index (χ3n) is 3.27. The van der Waals surface area contributed by atoms with Gasteiger partial charge in [-0.25, -0.2) is 0 Å². The average molecular weight is 327 g/mol. The summed E-state index contributed by atoms with van der Waals surface area (Å²) in [6.07, 6.45) is -0.286. The van der Waals surface area contributed by atoms with Gasteiger partial charge < -0.3 is 28.7 Å². The molecule has 0 aromatic heterocycles. The number of amides is 1. The van der Waals surface area contributed by atoms with Crippen LogP contribution in [0.2, 0.25) is 0 Å². The third-order valence-corrected chi connectivity index (χ3v) is 4.95. The van der Waals surface area contributed by atoms with Gasteiger partial charge in [0.2, 0.25) is 5.91 Å². The number of hydrogen-bond donors (Lipinski definition) is 2. The summed E-state index contributed by atoms with van der Waals surface area (Å²) in [5.41, 5.74) is 0. The first kappa shape index (κ1) is 18.0. The van der Waals surface area contributed by atoms with Crippen molar-refractivity contribution in [3.05, 3.63) is 0 Å². The first-order valence-corrected chi connectivity index (χ1v) is 8.79. The molecule has 0 heterocycles. The molecule has 1 saturated carbocycles. The molecule has 1 rings (SSSR count). The van der Waals surface area contributed by atoms with Gasteiger partial charge in [0.05, 0.1) is 12.6 Å². The van der Waals surface area contributed by atoms with Crippen molar-refractivity contribution in [2.75, 3.05) is 27.9 Å². The van der Waals surface area contributed by atoms with E-state index in [4.69, 9.17) is 30.3 Å². The highest BCUT2D eigenvalue weighted by molar-refractivity contribution is 8.07. The van der Waals surface area contributed by atoms with Crippen molar-refractivity contribution < 1.29 is 28.2 Å². The van der Waals surface area contributed by atoms with Crippen molar-refractivity contribution in [1.82, 2.24) is 5.32 Å². The smallest absolute Gasteiger partial charge is 0.324 e. The molecule has 9 heteroatoms. The highest BCUT2D eigenvalue weighted by atomic mass is 32.5. The average Bonchev–Trinajstić information content (AvgIpc) is 2.66. The summed E-state index contributed by atoms with van der Waals surface area (Å²) in [4.78, 5) is 21.1. The van der Waals surface area contributed by atoms with Crippen LogP contribution in [0.1, 0.15) is 13.3 Å². The number of carbonyl (C=O) groups excluding carboxylic acids is 1. The zero-order valence-corrected chi connectivity index (χ0v) is 13.8. The third kappa shape index (κ3) is 4.73. The second-order valence-electron chi connectivity index (χ2n) is 4.68. The number of rotatable bonds is 7. The van der Waals surface area contributed by atoms with E-state index in [1.807, 2.05) is 0 Å². The summed E-state index contributed by atoms with van der Waals surface area (Å²) in [5, 5.41) is 2.82. The second-order valence-corrected chi connectivity index (χ2v) is 7.58. The summed E-state index contributed by atoms with van der Waals surface area (Å²) in [6.45, 7) is -1.45. The van der Waals surface area contributed by atoms with Gasteiger partial charge in [0.25, 0.3) is 0 Å². The second kappa shape index (κ2) is 7.79. The molecule has 0 radical (unpaired) electrons. The lowest BCUT2D eigenvalue weighted by atomic mass is 10.1. The molecule has 0 bridgehead atoms. The fourth-order valence-electron chi connectivity index (χ4n) is 2.51. The Labute approximate surface area is 124 Å². The topological polar surface area (TPSA) is 86.3 Å². The first-order chi connectivity index (χ1) is 9.34. The maximum Gasteiger partial charge on any atom is 0.324 e. The molecule has 0 aliphatic heterocycles. The van der Waals surface area contributed by atoms with Crippen molar-refractivity contribution in [3.63, 3.8) is 0 Å². The Morgan fingerprint density at radius 2 is 2.05 bits per heavy atom. The molecule has 5 atom stereocenters. The molecule has 0 saturated heterocycles. The molecule has 0 aromatic rings. The van der Waals surface area contributed by atoms with E-state index in [1.54, 1.807) is 7.11 Å². The Hall–Kier alpha value is -0.0800. The number of ether oxygens (including phenoxy) is 2. The van der Waals surface area contributed by atoms with E-state index < -0.39 is 18.9 Å². The van der Waals surface area contributed by atoms with Crippen molar-refractivity contribution in [3.8, 4) is 0 Å². The maximum absolute atomic E-state index is 11.2. The van der Waals surface area contributed by atoms with Crippen molar-refractivity contribution in [1.29, 1.82) is 0 Å².